The van der Waals surface area contributed by atoms with E-state index in [1.165, 1.54) is 6.07 Å². The summed E-state index contributed by atoms with van der Waals surface area (Å²) in [6.07, 6.45) is 3.80. The van der Waals surface area contributed by atoms with Crippen LogP contribution in [0.4, 0.5) is 10.1 Å². The highest BCUT2D eigenvalue weighted by molar-refractivity contribution is 7.99. The number of fused-ring (bicyclic) bond motifs is 1. The van der Waals surface area contributed by atoms with Crippen LogP contribution in [0, 0.1) is 5.82 Å². The number of carbonyl (C=O) groups is 1. The first kappa shape index (κ1) is 23.1. The first-order valence-corrected chi connectivity index (χ1v) is 12.4. The third kappa shape index (κ3) is 5.56. The van der Waals surface area contributed by atoms with Crippen molar-refractivity contribution in [1.29, 1.82) is 0 Å². The van der Waals surface area contributed by atoms with Crippen LogP contribution < -0.4 is 9.67 Å². The Labute approximate surface area is 187 Å². The van der Waals surface area contributed by atoms with E-state index in [1.54, 1.807) is 21.1 Å². The third-order valence-corrected chi connectivity index (χ3v) is 7.13. The van der Waals surface area contributed by atoms with E-state index in [1.807, 2.05) is 6.92 Å². The molecular formula is C20H25ClFN3O3S2. The fraction of sp³-hybridized carbons (Fsp3) is 0.550. The van der Waals surface area contributed by atoms with Gasteiger partial charge in [0.1, 0.15) is 17.6 Å². The Morgan fingerprint density at radius 1 is 1.37 bits per heavy atom. The summed E-state index contributed by atoms with van der Waals surface area (Å²) in [5.41, 5.74) is 0.0201. The largest absolute Gasteiger partial charge is 0.458 e. The van der Waals surface area contributed by atoms with Crippen LogP contribution in [-0.2, 0) is 17.8 Å². The molecule has 1 unspecified atom stereocenters. The maximum absolute atomic E-state index is 14.5. The number of carbonyl (C=O) groups excluding carboxylic acids is 1. The van der Waals surface area contributed by atoms with Crippen molar-refractivity contribution in [2.45, 2.75) is 58.7 Å². The number of benzene rings is 1. The first-order chi connectivity index (χ1) is 14.4. The predicted octanol–water partition coefficient (Wildman–Crippen LogP) is 4.61. The smallest absolute Gasteiger partial charge is 0.340 e. The first-order valence-electron chi connectivity index (χ1n) is 10.0. The van der Waals surface area contributed by atoms with Crippen LogP contribution >= 0.6 is 34.7 Å². The normalized spacial score (nSPS) is 15.1. The average molecular weight is 474 g/mol. The van der Waals surface area contributed by atoms with Crippen LogP contribution in [0.5, 0.6) is 0 Å². The lowest BCUT2D eigenvalue weighted by Gasteiger charge is -2.16. The van der Waals surface area contributed by atoms with Crippen molar-refractivity contribution in [3.05, 3.63) is 43.0 Å². The van der Waals surface area contributed by atoms with E-state index in [0.717, 1.165) is 48.8 Å². The molecule has 2 aromatic rings. The number of aromatic nitrogens is 2. The maximum Gasteiger partial charge on any atom is 0.340 e. The molecule has 3 rings (SSSR count). The molecule has 0 N–H and O–H groups in total. The van der Waals surface area contributed by atoms with E-state index in [2.05, 4.69) is 11.9 Å². The topological polar surface area (TPSA) is 65.6 Å². The van der Waals surface area contributed by atoms with E-state index in [9.17, 15) is 14.0 Å². The van der Waals surface area contributed by atoms with Crippen molar-refractivity contribution < 1.29 is 13.9 Å². The summed E-state index contributed by atoms with van der Waals surface area (Å²) in [6, 6.07) is 2.36. The summed E-state index contributed by atoms with van der Waals surface area (Å²) in [7, 11) is 0. The third-order valence-electron chi connectivity index (χ3n) is 4.67. The van der Waals surface area contributed by atoms with E-state index in [4.69, 9.17) is 16.3 Å². The van der Waals surface area contributed by atoms with Crippen LogP contribution in [-0.4, -0.2) is 32.9 Å². The predicted molar refractivity (Wildman–Crippen MR) is 120 cm³/mol. The van der Waals surface area contributed by atoms with Crippen molar-refractivity contribution in [3.8, 4) is 0 Å². The van der Waals surface area contributed by atoms with Gasteiger partial charge in [-0.2, -0.15) is 11.8 Å². The molecule has 0 saturated heterocycles. The molecule has 0 spiro atoms. The van der Waals surface area contributed by atoms with Gasteiger partial charge in [-0.15, -0.1) is 0 Å². The molecule has 0 radical (unpaired) electrons. The zero-order valence-electron chi connectivity index (χ0n) is 17.0. The lowest BCUT2D eigenvalue weighted by Crippen LogP contribution is -2.31. The second kappa shape index (κ2) is 10.6. The molecule has 164 valence electrons. The van der Waals surface area contributed by atoms with Gasteiger partial charge < -0.3 is 4.74 Å². The Bertz CT molecular complexity index is 1030. The summed E-state index contributed by atoms with van der Waals surface area (Å²) in [4.78, 5) is 29.3. The van der Waals surface area contributed by atoms with Gasteiger partial charge in [-0.25, -0.2) is 18.9 Å². The number of ether oxygens (including phenoxy) is 1. The Kier molecular flexibility index (Phi) is 8.19. The summed E-state index contributed by atoms with van der Waals surface area (Å²) < 4.78 is 23.3. The fourth-order valence-corrected chi connectivity index (χ4v) is 5.25. The fourth-order valence-electron chi connectivity index (χ4n) is 3.08. The molecule has 6 nitrogen and oxygen atoms in total. The Balaban J connectivity index is 1.83. The minimum absolute atomic E-state index is 0.0259. The van der Waals surface area contributed by atoms with Gasteiger partial charge >= 0.3 is 10.8 Å². The van der Waals surface area contributed by atoms with Gasteiger partial charge in [0.05, 0.1) is 10.6 Å². The molecule has 0 saturated carbocycles. The van der Waals surface area contributed by atoms with Crippen LogP contribution in [0.15, 0.2) is 21.9 Å². The second-order valence-electron chi connectivity index (χ2n) is 7.14. The molecule has 0 aliphatic carbocycles. The van der Waals surface area contributed by atoms with E-state index in [0.29, 0.717) is 23.6 Å². The molecule has 1 atom stereocenters. The van der Waals surface area contributed by atoms with Crippen LogP contribution in [0.1, 0.15) is 49.9 Å². The zero-order valence-corrected chi connectivity index (χ0v) is 19.4. The van der Waals surface area contributed by atoms with Crippen molar-refractivity contribution in [1.82, 2.24) is 9.36 Å². The number of hydrogen-bond acceptors (Lipinski definition) is 6. The molecule has 10 heteroatoms. The van der Waals surface area contributed by atoms with E-state index < -0.39 is 11.8 Å². The number of nitrogens with zero attached hydrogens (tertiary/aromatic N) is 3. The van der Waals surface area contributed by atoms with Gasteiger partial charge in [-0.1, -0.05) is 24.9 Å². The lowest BCUT2D eigenvalue weighted by atomic mass is 10.2. The molecule has 0 fully saturated rings. The minimum atomic E-state index is -0.657. The number of halogens is 2. The van der Waals surface area contributed by atoms with Gasteiger partial charge in [-0.05, 0) is 55.4 Å². The molecule has 1 aliphatic heterocycles. The quantitative estimate of drug-likeness (QED) is 0.415. The molecule has 1 aromatic carbocycles. The molecule has 2 heterocycles. The molecule has 0 bridgehead atoms. The van der Waals surface area contributed by atoms with Crippen molar-refractivity contribution >= 4 is 46.4 Å². The standard InChI is InChI=1S/C20H25ClFN3O3S2/c1-3-4-9-29-12-13(2)28-18(26)14-10-17(16(22)11-15(14)21)23-19-24-7-5-6-8-25(24)20(27)30-19/h10-11,13H,3-9,12H2,1-2H3. The second-order valence-corrected chi connectivity index (χ2v) is 9.62. The Morgan fingerprint density at radius 3 is 2.83 bits per heavy atom. The maximum atomic E-state index is 14.5. The Hall–Kier alpha value is -1.58. The monoisotopic (exact) mass is 473 g/mol. The van der Waals surface area contributed by atoms with Crippen LogP contribution in [0.25, 0.3) is 0 Å². The average Bonchev–Trinajstić information content (AvgIpc) is 3.03. The highest BCUT2D eigenvalue weighted by Gasteiger charge is 2.19. The van der Waals surface area contributed by atoms with Gasteiger partial charge in [0.25, 0.3) is 0 Å². The molecule has 1 aliphatic rings. The highest BCUT2D eigenvalue weighted by atomic mass is 35.5. The summed E-state index contributed by atoms with van der Waals surface area (Å²) >= 11 is 8.79. The van der Waals surface area contributed by atoms with Gasteiger partial charge in [0.15, 0.2) is 0 Å². The van der Waals surface area contributed by atoms with E-state index >= 15 is 0 Å². The van der Waals surface area contributed by atoms with Gasteiger partial charge in [-0.3, -0.25) is 9.48 Å². The Morgan fingerprint density at radius 2 is 2.10 bits per heavy atom. The number of rotatable bonds is 8. The molecule has 0 amide bonds. The SMILES string of the molecule is CCCCSCC(C)OC(=O)c1cc(N=c2sc(=O)n3n2CCCC3)c(F)cc1Cl. The lowest BCUT2D eigenvalue weighted by molar-refractivity contribution is 0.0386. The number of unbranched alkanes of at least 4 members (excludes halogenated alkanes) is 1. The van der Waals surface area contributed by atoms with Crippen molar-refractivity contribution in [2.75, 3.05) is 11.5 Å². The molecule has 30 heavy (non-hydrogen) atoms. The number of hydrogen-bond donors (Lipinski definition) is 0. The number of esters is 1. The minimum Gasteiger partial charge on any atom is -0.458 e. The van der Waals surface area contributed by atoms with Crippen molar-refractivity contribution in [3.63, 3.8) is 0 Å². The summed E-state index contributed by atoms with van der Waals surface area (Å²) in [5.74, 6) is 0.431. The highest BCUT2D eigenvalue weighted by Crippen LogP contribution is 2.27. The summed E-state index contributed by atoms with van der Waals surface area (Å²) in [6.45, 7) is 5.22. The van der Waals surface area contributed by atoms with Gasteiger partial charge in [0.2, 0.25) is 4.80 Å². The molecular weight excluding hydrogens is 449 g/mol. The van der Waals surface area contributed by atoms with Crippen LogP contribution in [0.3, 0.4) is 0 Å². The van der Waals surface area contributed by atoms with Crippen LogP contribution in [0.2, 0.25) is 5.02 Å². The van der Waals surface area contributed by atoms with E-state index in [-0.39, 0.29) is 27.3 Å². The summed E-state index contributed by atoms with van der Waals surface area (Å²) in [5, 5.41) is -0.0259. The van der Waals surface area contributed by atoms with Gasteiger partial charge in [0, 0.05) is 18.8 Å². The zero-order chi connectivity index (χ0) is 21.7. The molecule has 1 aromatic heterocycles. The van der Waals surface area contributed by atoms with Crippen molar-refractivity contribution in [2.24, 2.45) is 4.99 Å². The number of thioether (sulfide) groups is 1.